The highest BCUT2D eigenvalue weighted by Crippen LogP contribution is 2.49. The summed E-state index contributed by atoms with van der Waals surface area (Å²) < 4.78 is 36.5. The van der Waals surface area contributed by atoms with Gasteiger partial charge in [-0.15, -0.1) is 0 Å². The van der Waals surface area contributed by atoms with E-state index in [9.17, 15) is 14.3 Å². The Balaban J connectivity index is 1.73. The van der Waals surface area contributed by atoms with Crippen molar-refractivity contribution in [2.45, 2.75) is 25.4 Å². The van der Waals surface area contributed by atoms with Crippen molar-refractivity contribution in [3.8, 4) is 22.6 Å². The highest BCUT2D eigenvalue weighted by Gasteiger charge is 2.38. The molecule has 1 fully saturated rings. The molecule has 1 saturated heterocycles. The number of piperazine rings is 1. The molecule has 2 aromatic carbocycles. The van der Waals surface area contributed by atoms with E-state index in [1.807, 2.05) is 11.8 Å². The molecule has 2 unspecified atom stereocenters. The number of aromatic nitrogens is 2. The number of ether oxygens (including phenoxy) is 1. The van der Waals surface area contributed by atoms with Crippen LogP contribution in [0.3, 0.4) is 0 Å². The topological polar surface area (TPSA) is 78.8 Å². The molecule has 2 atom stereocenters. The van der Waals surface area contributed by atoms with Crippen LogP contribution in [0.4, 0.5) is 14.6 Å². The summed E-state index contributed by atoms with van der Waals surface area (Å²) in [7, 11) is 0. The van der Waals surface area contributed by atoms with Crippen molar-refractivity contribution >= 4 is 34.2 Å². The van der Waals surface area contributed by atoms with Gasteiger partial charge in [0.2, 0.25) is 5.91 Å². The van der Waals surface area contributed by atoms with Crippen molar-refractivity contribution in [1.82, 2.24) is 14.9 Å². The normalized spacial score (nSPS) is 19.8. The number of nitrogens with zero attached hydrogens (tertiary/aromatic N) is 4. The van der Waals surface area contributed by atoms with Gasteiger partial charge in [0.1, 0.15) is 29.2 Å². The first kappa shape index (κ1) is 22.3. The van der Waals surface area contributed by atoms with Crippen molar-refractivity contribution in [3.05, 3.63) is 53.8 Å². The Hall–Kier alpha value is -3.46. The lowest BCUT2D eigenvalue weighted by Crippen LogP contribution is -2.59. The molecule has 0 bridgehead atoms. The van der Waals surface area contributed by atoms with Crippen LogP contribution >= 0.6 is 11.6 Å². The Labute approximate surface area is 199 Å². The molecule has 7 nitrogen and oxygen atoms in total. The quantitative estimate of drug-likeness (QED) is 0.544. The van der Waals surface area contributed by atoms with Gasteiger partial charge in [-0.3, -0.25) is 4.79 Å². The summed E-state index contributed by atoms with van der Waals surface area (Å²) >= 11 is 6.61. The number of hydrogen-bond donors (Lipinski definition) is 1. The smallest absolute Gasteiger partial charge is 0.246 e. The zero-order chi connectivity index (χ0) is 24.1. The van der Waals surface area contributed by atoms with Crippen molar-refractivity contribution in [3.63, 3.8) is 0 Å². The summed E-state index contributed by atoms with van der Waals surface area (Å²) in [5.74, 6) is -1.78. The molecular weight excluding hydrogens is 466 g/mol. The summed E-state index contributed by atoms with van der Waals surface area (Å²) in [6, 6.07) is 3.40. The lowest BCUT2D eigenvalue weighted by atomic mass is 9.98. The predicted octanol–water partition coefficient (Wildman–Crippen LogP) is 4.31. The van der Waals surface area contributed by atoms with Gasteiger partial charge < -0.3 is 19.6 Å². The zero-order valence-corrected chi connectivity index (χ0v) is 19.0. The summed E-state index contributed by atoms with van der Waals surface area (Å²) in [5.41, 5.74) is -0.784. The Kier molecular flexibility index (Phi) is 5.51. The number of amides is 1. The molecule has 5 rings (SSSR count). The van der Waals surface area contributed by atoms with E-state index in [1.54, 1.807) is 4.90 Å². The third-order valence-electron chi connectivity index (χ3n) is 6.41. The van der Waals surface area contributed by atoms with Crippen LogP contribution in [-0.2, 0) is 4.79 Å². The van der Waals surface area contributed by atoms with Crippen molar-refractivity contribution in [2.75, 3.05) is 24.6 Å². The van der Waals surface area contributed by atoms with Crippen LogP contribution in [0.1, 0.15) is 13.3 Å². The summed E-state index contributed by atoms with van der Waals surface area (Å²) in [6.45, 7) is 6.59. The first-order valence-electron chi connectivity index (χ1n) is 10.8. The minimum Gasteiger partial charge on any atom is -0.507 e. The average molecular weight is 487 g/mol. The molecule has 1 amide bonds. The van der Waals surface area contributed by atoms with Gasteiger partial charge in [-0.1, -0.05) is 24.2 Å². The lowest BCUT2D eigenvalue weighted by molar-refractivity contribution is -0.129. The second-order valence-corrected chi connectivity index (χ2v) is 8.75. The maximum Gasteiger partial charge on any atom is 0.246 e. The highest BCUT2D eigenvalue weighted by atomic mass is 35.5. The number of anilines is 1. The van der Waals surface area contributed by atoms with Crippen molar-refractivity contribution in [1.29, 1.82) is 0 Å². The molecule has 1 N–H and O–H groups in total. The van der Waals surface area contributed by atoms with Gasteiger partial charge in [0.25, 0.3) is 0 Å². The Morgan fingerprint density at radius 1 is 1.29 bits per heavy atom. The minimum atomic E-state index is -0.887. The first-order chi connectivity index (χ1) is 16.3. The van der Waals surface area contributed by atoms with E-state index < -0.39 is 17.4 Å². The van der Waals surface area contributed by atoms with Crippen LogP contribution in [0, 0.1) is 11.6 Å². The molecule has 0 radical (unpaired) electrons. The van der Waals surface area contributed by atoms with Gasteiger partial charge in [-0.25, -0.2) is 18.7 Å². The highest BCUT2D eigenvalue weighted by molar-refractivity contribution is 6.36. The van der Waals surface area contributed by atoms with Crippen molar-refractivity contribution < 1.29 is 23.4 Å². The summed E-state index contributed by atoms with van der Waals surface area (Å²) in [6.07, 6.45) is 3.05. The SMILES string of the molecule is C=CC(=O)N1CC2CCOc3c(Cl)c(-c4c(O)cccc4F)c(F)c4ncnc(c34)N2CC1C. The summed E-state index contributed by atoms with van der Waals surface area (Å²) in [5, 5.41) is 10.4. The largest absolute Gasteiger partial charge is 0.507 e. The number of rotatable bonds is 2. The Bertz CT molecular complexity index is 1320. The molecular formula is C24H21ClF2N4O3. The van der Waals surface area contributed by atoms with Crippen LogP contribution in [0.25, 0.3) is 22.0 Å². The molecule has 0 spiro atoms. The third-order valence-corrected chi connectivity index (χ3v) is 6.77. The molecule has 2 aliphatic heterocycles. The number of halogens is 3. The van der Waals surface area contributed by atoms with Crippen molar-refractivity contribution in [2.24, 2.45) is 0 Å². The standard InChI is InChI=1S/C24H21ClF2N4O3/c1-3-16(33)30-10-13-7-8-34-23-19-22(28-11-29-24(19)31(13)9-12(30)2)21(27)18(20(23)25)17-14(26)5-4-6-15(17)32/h3-6,11-13,32H,1,7-10H2,2H3. The number of carbonyl (C=O) groups excluding carboxylic acids is 1. The van der Waals surface area contributed by atoms with Gasteiger partial charge in [0.05, 0.1) is 28.6 Å². The number of hydrogen-bond acceptors (Lipinski definition) is 6. The molecule has 176 valence electrons. The monoisotopic (exact) mass is 486 g/mol. The first-order valence-corrected chi connectivity index (χ1v) is 11.2. The fraction of sp³-hybridized carbons (Fsp3) is 0.292. The summed E-state index contributed by atoms with van der Waals surface area (Å²) in [4.78, 5) is 24.6. The molecule has 10 heteroatoms. The second kappa shape index (κ2) is 8.39. The molecule has 3 heterocycles. The number of carbonyl (C=O) groups is 1. The van der Waals surface area contributed by atoms with Crippen LogP contribution < -0.4 is 9.64 Å². The van der Waals surface area contributed by atoms with Gasteiger partial charge in [0.15, 0.2) is 11.6 Å². The predicted molar refractivity (Wildman–Crippen MR) is 124 cm³/mol. The van der Waals surface area contributed by atoms with Crippen LogP contribution in [0.5, 0.6) is 11.5 Å². The van der Waals surface area contributed by atoms with Gasteiger partial charge >= 0.3 is 0 Å². The van der Waals surface area contributed by atoms with E-state index in [2.05, 4.69) is 16.5 Å². The van der Waals surface area contributed by atoms with Gasteiger partial charge in [-0.05, 0) is 25.1 Å². The number of benzene rings is 2. The second-order valence-electron chi connectivity index (χ2n) is 8.37. The van der Waals surface area contributed by atoms with E-state index >= 15 is 4.39 Å². The lowest BCUT2D eigenvalue weighted by Gasteiger charge is -2.46. The number of aromatic hydroxyl groups is 1. The fourth-order valence-electron chi connectivity index (χ4n) is 4.79. The van der Waals surface area contributed by atoms with E-state index in [1.165, 1.54) is 24.5 Å². The maximum atomic E-state index is 15.9. The van der Waals surface area contributed by atoms with E-state index in [0.29, 0.717) is 25.3 Å². The number of fused-ring (bicyclic) bond motifs is 2. The number of phenols is 1. The molecule has 34 heavy (non-hydrogen) atoms. The zero-order valence-electron chi connectivity index (χ0n) is 18.3. The minimum absolute atomic E-state index is 0.0973. The Morgan fingerprint density at radius 2 is 2.09 bits per heavy atom. The van der Waals surface area contributed by atoms with Crippen LogP contribution in [0.2, 0.25) is 5.02 Å². The molecule has 2 aliphatic rings. The molecule has 1 aromatic heterocycles. The molecule has 3 aromatic rings. The fourth-order valence-corrected chi connectivity index (χ4v) is 5.12. The molecule has 0 saturated carbocycles. The average Bonchev–Trinajstić information content (AvgIpc) is 2.81. The van der Waals surface area contributed by atoms with Gasteiger partial charge in [0, 0.05) is 31.1 Å². The van der Waals surface area contributed by atoms with E-state index in [-0.39, 0.29) is 57.4 Å². The van der Waals surface area contributed by atoms with E-state index in [4.69, 9.17) is 16.3 Å². The van der Waals surface area contributed by atoms with Gasteiger partial charge in [-0.2, -0.15) is 0 Å². The van der Waals surface area contributed by atoms with Crippen LogP contribution in [0.15, 0.2) is 37.2 Å². The Morgan fingerprint density at radius 3 is 2.82 bits per heavy atom. The number of phenolic OH excluding ortho intramolecular Hbond substituents is 1. The maximum absolute atomic E-state index is 15.9. The van der Waals surface area contributed by atoms with E-state index in [0.717, 1.165) is 6.07 Å². The van der Waals surface area contributed by atoms with Crippen LogP contribution in [-0.4, -0.2) is 57.7 Å². The molecule has 0 aliphatic carbocycles. The third kappa shape index (κ3) is 3.34.